The Morgan fingerprint density at radius 2 is 1.83 bits per heavy atom. The third-order valence-corrected chi connectivity index (χ3v) is 3.67. The van der Waals surface area contributed by atoms with E-state index < -0.39 is 0 Å². The summed E-state index contributed by atoms with van der Waals surface area (Å²) in [6.07, 6.45) is 0.848. The molecule has 4 nitrogen and oxygen atoms in total. The number of fused-ring (bicyclic) bond motifs is 1. The molecular formula is C19H20N2O2. The molecule has 3 rings (SSSR count). The molecule has 1 heterocycles. The topological polar surface area (TPSA) is 54.1 Å². The van der Waals surface area contributed by atoms with Gasteiger partial charge in [0, 0.05) is 17.8 Å². The monoisotopic (exact) mass is 308 g/mol. The zero-order valence-corrected chi connectivity index (χ0v) is 12.9. The van der Waals surface area contributed by atoms with Gasteiger partial charge in [0.25, 0.3) is 0 Å². The third kappa shape index (κ3) is 4.44. The molecule has 118 valence electrons. The second-order valence-corrected chi connectivity index (χ2v) is 5.45. The average molecular weight is 308 g/mol. The molecule has 0 amide bonds. The van der Waals surface area contributed by atoms with Crippen molar-refractivity contribution in [2.24, 2.45) is 0 Å². The Morgan fingerprint density at radius 1 is 1.04 bits per heavy atom. The van der Waals surface area contributed by atoms with Crippen LogP contribution in [0.2, 0.25) is 0 Å². The predicted molar refractivity (Wildman–Crippen MR) is 91.1 cm³/mol. The zero-order valence-electron chi connectivity index (χ0n) is 12.9. The van der Waals surface area contributed by atoms with Gasteiger partial charge in [-0.05, 0) is 29.5 Å². The first kappa shape index (κ1) is 15.3. The summed E-state index contributed by atoms with van der Waals surface area (Å²) in [5.41, 5.74) is 3.31. The Bertz CT molecular complexity index is 732. The molecule has 0 saturated carbocycles. The number of para-hydroxylation sites is 1. The van der Waals surface area contributed by atoms with Crippen molar-refractivity contribution in [1.29, 1.82) is 0 Å². The Labute approximate surface area is 135 Å². The second-order valence-electron chi connectivity index (χ2n) is 5.45. The van der Waals surface area contributed by atoms with Crippen LogP contribution in [0.4, 0.5) is 0 Å². The minimum Gasteiger partial charge on any atom is -0.460 e. The van der Waals surface area contributed by atoms with E-state index in [2.05, 4.69) is 28.5 Å². The maximum Gasteiger partial charge on any atom is 0.320 e. The van der Waals surface area contributed by atoms with Gasteiger partial charge in [-0.25, -0.2) is 0 Å². The number of nitrogens with one attached hydrogen (secondary N) is 2. The highest BCUT2D eigenvalue weighted by atomic mass is 16.5. The standard InChI is InChI=1S/C19H20N2O2/c22-19(23-14-15-6-2-1-3-7-15)13-20-11-10-17-12-16-8-4-5-9-18(16)21-17/h1-9,12,20-21H,10-11,13-14H2. The number of hydrogen-bond acceptors (Lipinski definition) is 3. The summed E-state index contributed by atoms with van der Waals surface area (Å²) in [6, 6.07) is 20.0. The average Bonchev–Trinajstić information content (AvgIpc) is 3.00. The van der Waals surface area contributed by atoms with E-state index in [1.807, 2.05) is 42.5 Å². The number of carbonyl (C=O) groups is 1. The van der Waals surface area contributed by atoms with E-state index in [0.717, 1.165) is 29.7 Å². The van der Waals surface area contributed by atoms with Crippen molar-refractivity contribution in [2.45, 2.75) is 13.0 Å². The first-order valence-corrected chi connectivity index (χ1v) is 7.78. The van der Waals surface area contributed by atoms with Gasteiger partial charge in [-0.1, -0.05) is 48.5 Å². The molecular weight excluding hydrogens is 288 g/mol. The molecule has 0 unspecified atom stereocenters. The highest BCUT2D eigenvalue weighted by Crippen LogP contribution is 2.14. The summed E-state index contributed by atoms with van der Waals surface area (Å²) in [5, 5.41) is 4.33. The van der Waals surface area contributed by atoms with Crippen molar-refractivity contribution in [2.75, 3.05) is 13.1 Å². The summed E-state index contributed by atoms with van der Waals surface area (Å²) in [6.45, 7) is 1.28. The van der Waals surface area contributed by atoms with Crippen molar-refractivity contribution >= 4 is 16.9 Å². The Balaban J connectivity index is 1.37. The molecule has 2 N–H and O–H groups in total. The van der Waals surface area contributed by atoms with E-state index in [1.54, 1.807) is 0 Å². The van der Waals surface area contributed by atoms with Crippen LogP contribution < -0.4 is 5.32 Å². The molecule has 0 spiro atoms. The van der Waals surface area contributed by atoms with Crippen LogP contribution in [0.25, 0.3) is 10.9 Å². The number of aromatic nitrogens is 1. The molecule has 0 saturated heterocycles. The lowest BCUT2D eigenvalue weighted by Crippen LogP contribution is -2.26. The van der Waals surface area contributed by atoms with Gasteiger partial charge in [0.05, 0.1) is 6.54 Å². The zero-order chi connectivity index (χ0) is 15.9. The van der Waals surface area contributed by atoms with Crippen molar-refractivity contribution in [3.05, 3.63) is 71.9 Å². The van der Waals surface area contributed by atoms with E-state index in [0.29, 0.717) is 6.61 Å². The van der Waals surface area contributed by atoms with Crippen molar-refractivity contribution in [3.8, 4) is 0 Å². The van der Waals surface area contributed by atoms with Gasteiger partial charge in [-0.15, -0.1) is 0 Å². The SMILES string of the molecule is O=C(CNCCc1cc2ccccc2[nH]1)OCc1ccccc1. The van der Waals surface area contributed by atoms with Gasteiger partial charge < -0.3 is 15.0 Å². The van der Waals surface area contributed by atoms with Gasteiger partial charge in [-0.2, -0.15) is 0 Å². The summed E-state index contributed by atoms with van der Waals surface area (Å²) < 4.78 is 5.22. The summed E-state index contributed by atoms with van der Waals surface area (Å²) in [7, 11) is 0. The molecule has 0 aliphatic carbocycles. The van der Waals surface area contributed by atoms with Crippen LogP contribution in [0.1, 0.15) is 11.3 Å². The van der Waals surface area contributed by atoms with Gasteiger partial charge in [-0.3, -0.25) is 4.79 Å². The number of carbonyl (C=O) groups excluding carboxylic acids is 1. The lowest BCUT2D eigenvalue weighted by molar-refractivity contribution is -0.143. The molecule has 0 atom stereocenters. The fourth-order valence-electron chi connectivity index (χ4n) is 2.47. The highest BCUT2D eigenvalue weighted by Gasteiger charge is 2.04. The fraction of sp³-hybridized carbons (Fsp3) is 0.211. The maximum absolute atomic E-state index is 11.7. The van der Waals surface area contributed by atoms with Gasteiger partial charge >= 0.3 is 5.97 Å². The minimum absolute atomic E-state index is 0.229. The van der Waals surface area contributed by atoms with Crippen molar-refractivity contribution in [1.82, 2.24) is 10.3 Å². The molecule has 0 aliphatic rings. The predicted octanol–water partition coefficient (Wildman–Crippen LogP) is 3.04. The second kappa shape index (κ2) is 7.61. The quantitative estimate of drug-likeness (QED) is 0.521. The van der Waals surface area contributed by atoms with Crippen LogP contribution in [-0.2, 0) is 22.6 Å². The van der Waals surface area contributed by atoms with Crippen LogP contribution >= 0.6 is 0 Å². The van der Waals surface area contributed by atoms with Crippen LogP contribution in [0.3, 0.4) is 0 Å². The van der Waals surface area contributed by atoms with Crippen molar-refractivity contribution < 1.29 is 9.53 Å². The molecule has 3 aromatic rings. The molecule has 0 aliphatic heterocycles. The van der Waals surface area contributed by atoms with Gasteiger partial charge in [0.1, 0.15) is 6.61 Å². The first-order chi connectivity index (χ1) is 11.3. The lowest BCUT2D eigenvalue weighted by atomic mass is 10.2. The maximum atomic E-state index is 11.7. The smallest absolute Gasteiger partial charge is 0.320 e. The highest BCUT2D eigenvalue weighted by molar-refractivity contribution is 5.80. The van der Waals surface area contributed by atoms with E-state index in [-0.39, 0.29) is 12.5 Å². The number of esters is 1. The Hall–Kier alpha value is -2.59. The van der Waals surface area contributed by atoms with Crippen LogP contribution in [0, 0.1) is 0 Å². The van der Waals surface area contributed by atoms with E-state index >= 15 is 0 Å². The molecule has 0 radical (unpaired) electrons. The van der Waals surface area contributed by atoms with Crippen LogP contribution in [-0.4, -0.2) is 24.0 Å². The Kier molecular flexibility index (Phi) is 5.06. The fourth-order valence-corrected chi connectivity index (χ4v) is 2.47. The Morgan fingerprint density at radius 3 is 2.65 bits per heavy atom. The lowest BCUT2D eigenvalue weighted by Gasteiger charge is -2.06. The largest absolute Gasteiger partial charge is 0.460 e. The molecule has 0 fully saturated rings. The van der Waals surface area contributed by atoms with Crippen molar-refractivity contribution in [3.63, 3.8) is 0 Å². The normalized spacial score (nSPS) is 10.8. The molecule has 2 aromatic carbocycles. The first-order valence-electron chi connectivity index (χ1n) is 7.78. The number of benzene rings is 2. The summed E-state index contributed by atoms with van der Waals surface area (Å²) in [5.74, 6) is -0.231. The number of H-pyrrole nitrogens is 1. The van der Waals surface area contributed by atoms with E-state index in [9.17, 15) is 4.79 Å². The molecule has 0 bridgehead atoms. The van der Waals surface area contributed by atoms with Gasteiger partial charge in [0.2, 0.25) is 0 Å². The van der Waals surface area contributed by atoms with E-state index in [1.165, 1.54) is 5.39 Å². The summed E-state index contributed by atoms with van der Waals surface area (Å²) >= 11 is 0. The number of rotatable bonds is 7. The van der Waals surface area contributed by atoms with Crippen LogP contribution in [0.15, 0.2) is 60.7 Å². The number of hydrogen-bond donors (Lipinski definition) is 2. The number of aromatic amines is 1. The van der Waals surface area contributed by atoms with Crippen LogP contribution in [0.5, 0.6) is 0 Å². The molecule has 1 aromatic heterocycles. The number of ether oxygens (including phenoxy) is 1. The van der Waals surface area contributed by atoms with E-state index in [4.69, 9.17) is 4.74 Å². The summed E-state index contributed by atoms with van der Waals surface area (Å²) in [4.78, 5) is 15.1. The molecule has 4 heteroatoms. The molecule has 23 heavy (non-hydrogen) atoms. The minimum atomic E-state index is -0.231. The van der Waals surface area contributed by atoms with Gasteiger partial charge in [0.15, 0.2) is 0 Å². The third-order valence-electron chi connectivity index (χ3n) is 3.67.